The molecule has 22 heavy (non-hydrogen) atoms. The first-order chi connectivity index (χ1) is 10.2. The molecule has 4 nitrogen and oxygen atoms in total. The van der Waals surface area contributed by atoms with E-state index in [0.717, 1.165) is 6.07 Å². The average molecular weight is 320 g/mol. The van der Waals surface area contributed by atoms with Crippen LogP contribution in [0.1, 0.15) is 23.2 Å². The third-order valence-electron chi connectivity index (χ3n) is 3.66. The maximum Gasteiger partial charge on any atom is 0.408 e. The molecule has 1 aliphatic rings. The molecule has 2 atom stereocenters. The van der Waals surface area contributed by atoms with Crippen molar-refractivity contribution >= 4 is 5.91 Å². The SMILES string of the molecule is COc1ccc(C(=O)N2C[C@H](N)CC[C@H]2C(F)(F)F)cc1F. The minimum atomic E-state index is -4.54. The molecule has 0 aromatic heterocycles. The number of nitrogens with zero attached hydrogens (tertiary/aromatic N) is 1. The molecule has 1 saturated heterocycles. The van der Waals surface area contributed by atoms with E-state index in [-0.39, 0.29) is 30.7 Å². The average Bonchev–Trinajstić information content (AvgIpc) is 2.45. The van der Waals surface area contributed by atoms with Gasteiger partial charge in [-0.2, -0.15) is 13.2 Å². The van der Waals surface area contributed by atoms with Gasteiger partial charge in [-0.3, -0.25) is 4.79 Å². The van der Waals surface area contributed by atoms with Gasteiger partial charge in [-0.05, 0) is 31.0 Å². The zero-order valence-corrected chi connectivity index (χ0v) is 11.9. The summed E-state index contributed by atoms with van der Waals surface area (Å²) in [4.78, 5) is 13.0. The number of carbonyl (C=O) groups excluding carboxylic acids is 1. The molecular weight excluding hydrogens is 304 g/mol. The van der Waals surface area contributed by atoms with Gasteiger partial charge in [-0.25, -0.2) is 4.39 Å². The van der Waals surface area contributed by atoms with Gasteiger partial charge in [0.2, 0.25) is 0 Å². The molecule has 0 unspecified atom stereocenters. The van der Waals surface area contributed by atoms with Crippen LogP contribution in [0.3, 0.4) is 0 Å². The Balaban J connectivity index is 2.30. The summed E-state index contributed by atoms with van der Waals surface area (Å²) in [6.45, 7) is -0.212. The number of ether oxygens (including phenoxy) is 1. The number of alkyl halides is 3. The Morgan fingerprint density at radius 2 is 2.05 bits per heavy atom. The summed E-state index contributed by atoms with van der Waals surface area (Å²) in [5, 5.41) is 0. The summed E-state index contributed by atoms with van der Waals surface area (Å²) in [5.41, 5.74) is 5.50. The Kier molecular flexibility index (Phi) is 4.60. The van der Waals surface area contributed by atoms with Gasteiger partial charge >= 0.3 is 6.18 Å². The molecule has 0 radical (unpaired) electrons. The van der Waals surface area contributed by atoms with Crippen molar-refractivity contribution in [2.24, 2.45) is 5.73 Å². The van der Waals surface area contributed by atoms with E-state index in [1.165, 1.54) is 19.2 Å². The van der Waals surface area contributed by atoms with Crippen molar-refractivity contribution in [1.29, 1.82) is 0 Å². The highest BCUT2D eigenvalue weighted by Gasteiger charge is 2.47. The quantitative estimate of drug-likeness (QED) is 0.851. The fraction of sp³-hybridized carbons (Fsp3) is 0.500. The number of carbonyl (C=O) groups is 1. The van der Waals surface area contributed by atoms with Crippen LogP contribution in [0.15, 0.2) is 18.2 Å². The minimum Gasteiger partial charge on any atom is -0.494 e. The zero-order valence-electron chi connectivity index (χ0n) is 11.9. The third kappa shape index (κ3) is 3.32. The van der Waals surface area contributed by atoms with Gasteiger partial charge in [0.25, 0.3) is 5.91 Å². The van der Waals surface area contributed by atoms with Gasteiger partial charge in [0, 0.05) is 18.2 Å². The first-order valence-electron chi connectivity index (χ1n) is 6.71. The maximum atomic E-state index is 13.6. The number of hydrogen-bond acceptors (Lipinski definition) is 3. The van der Waals surface area contributed by atoms with E-state index in [9.17, 15) is 22.4 Å². The van der Waals surface area contributed by atoms with E-state index in [0.29, 0.717) is 4.90 Å². The lowest BCUT2D eigenvalue weighted by molar-refractivity contribution is -0.184. The largest absolute Gasteiger partial charge is 0.494 e. The summed E-state index contributed by atoms with van der Waals surface area (Å²) < 4.78 is 57.6. The zero-order chi connectivity index (χ0) is 16.5. The van der Waals surface area contributed by atoms with Crippen LogP contribution in [0.25, 0.3) is 0 Å². The second-order valence-electron chi connectivity index (χ2n) is 5.20. The van der Waals surface area contributed by atoms with Gasteiger partial charge in [-0.15, -0.1) is 0 Å². The molecule has 8 heteroatoms. The number of piperidine rings is 1. The van der Waals surface area contributed by atoms with Crippen molar-refractivity contribution in [2.45, 2.75) is 31.1 Å². The van der Waals surface area contributed by atoms with Gasteiger partial charge in [0.05, 0.1) is 7.11 Å². The van der Waals surface area contributed by atoms with Crippen molar-refractivity contribution in [3.8, 4) is 5.75 Å². The van der Waals surface area contributed by atoms with Crippen molar-refractivity contribution in [1.82, 2.24) is 4.90 Å². The Labute approximate surface area is 124 Å². The predicted octanol–water partition coefficient (Wildman–Crippen LogP) is 2.33. The van der Waals surface area contributed by atoms with Crippen LogP contribution in [0.4, 0.5) is 17.6 Å². The van der Waals surface area contributed by atoms with Gasteiger partial charge in [0.15, 0.2) is 11.6 Å². The minimum absolute atomic E-state index is 0.0840. The molecule has 122 valence electrons. The summed E-state index contributed by atoms with van der Waals surface area (Å²) in [7, 11) is 1.25. The second-order valence-corrected chi connectivity index (χ2v) is 5.20. The number of amides is 1. The van der Waals surface area contributed by atoms with Crippen LogP contribution in [0.5, 0.6) is 5.75 Å². The molecular formula is C14H16F4N2O2. The number of halogens is 4. The Hall–Kier alpha value is -1.83. The summed E-state index contributed by atoms with van der Waals surface area (Å²) in [6, 6.07) is 0.886. The molecule has 1 aromatic carbocycles. The lowest BCUT2D eigenvalue weighted by atomic mass is 9.97. The number of methoxy groups -OCH3 is 1. The van der Waals surface area contributed by atoms with Gasteiger partial charge < -0.3 is 15.4 Å². The molecule has 1 aromatic rings. The number of likely N-dealkylation sites (tertiary alicyclic amines) is 1. The number of rotatable bonds is 2. The van der Waals surface area contributed by atoms with Crippen LogP contribution in [0.2, 0.25) is 0 Å². The molecule has 1 amide bonds. The smallest absolute Gasteiger partial charge is 0.408 e. The van der Waals surface area contributed by atoms with Crippen molar-refractivity contribution in [2.75, 3.05) is 13.7 Å². The first kappa shape index (κ1) is 16.5. The van der Waals surface area contributed by atoms with Gasteiger partial charge in [0.1, 0.15) is 6.04 Å². The van der Waals surface area contributed by atoms with E-state index in [1.54, 1.807) is 0 Å². The molecule has 0 saturated carbocycles. The summed E-state index contributed by atoms with van der Waals surface area (Å²) in [5.74, 6) is -1.78. The molecule has 2 rings (SSSR count). The standard InChI is InChI=1S/C14H16F4N2O2/c1-22-11-4-2-8(6-10(11)15)13(21)20-7-9(19)3-5-12(20)14(16,17)18/h2,4,6,9,12H,3,5,7,19H2,1H3/t9-,12+/m1/s1. The highest BCUT2D eigenvalue weighted by molar-refractivity contribution is 5.94. The molecule has 1 heterocycles. The maximum absolute atomic E-state index is 13.6. The predicted molar refractivity (Wildman–Crippen MR) is 71.0 cm³/mol. The highest BCUT2D eigenvalue weighted by Crippen LogP contribution is 2.33. The van der Waals surface area contributed by atoms with Gasteiger partial charge in [-0.1, -0.05) is 0 Å². The monoisotopic (exact) mass is 320 g/mol. The van der Waals surface area contributed by atoms with E-state index < -0.39 is 30.0 Å². The molecule has 1 aliphatic heterocycles. The molecule has 0 bridgehead atoms. The first-order valence-corrected chi connectivity index (χ1v) is 6.71. The van der Waals surface area contributed by atoms with Crippen molar-refractivity contribution < 1.29 is 27.1 Å². The summed E-state index contributed by atoms with van der Waals surface area (Å²) >= 11 is 0. The van der Waals surface area contributed by atoms with Crippen molar-refractivity contribution in [3.05, 3.63) is 29.6 Å². The topological polar surface area (TPSA) is 55.6 Å². The van der Waals surface area contributed by atoms with E-state index >= 15 is 0 Å². The van der Waals surface area contributed by atoms with E-state index in [1.807, 2.05) is 0 Å². The Bertz CT molecular complexity index is 562. The van der Waals surface area contributed by atoms with Crippen LogP contribution in [0, 0.1) is 5.82 Å². The molecule has 1 fully saturated rings. The molecule has 0 aliphatic carbocycles. The van der Waals surface area contributed by atoms with E-state index in [4.69, 9.17) is 10.5 Å². The second kappa shape index (κ2) is 6.12. The normalized spacial score (nSPS) is 22.5. The van der Waals surface area contributed by atoms with Crippen LogP contribution >= 0.6 is 0 Å². The molecule has 0 spiro atoms. The third-order valence-corrected chi connectivity index (χ3v) is 3.66. The van der Waals surface area contributed by atoms with Crippen LogP contribution in [-0.2, 0) is 0 Å². The fourth-order valence-corrected chi connectivity index (χ4v) is 2.53. The number of benzene rings is 1. The summed E-state index contributed by atoms with van der Waals surface area (Å²) in [6.07, 6.45) is -4.61. The fourth-order valence-electron chi connectivity index (χ4n) is 2.53. The Morgan fingerprint density at radius 3 is 2.59 bits per heavy atom. The lowest BCUT2D eigenvalue weighted by Gasteiger charge is -2.39. The highest BCUT2D eigenvalue weighted by atomic mass is 19.4. The van der Waals surface area contributed by atoms with Crippen LogP contribution < -0.4 is 10.5 Å². The van der Waals surface area contributed by atoms with E-state index in [2.05, 4.69) is 0 Å². The van der Waals surface area contributed by atoms with Crippen LogP contribution in [-0.4, -0.2) is 42.7 Å². The lowest BCUT2D eigenvalue weighted by Crippen LogP contribution is -2.56. The number of nitrogens with two attached hydrogens (primary N) is 1. The molecule has 2 N–H and O–H groups in total. The number of hydrogen-bond donors (Lipinski definition) is 1. The Morgan fingerprint density at radius 1 is 1.36 bits per heavy atom. The van der Waals surface area contributed by atoms with Crippen molar-refractivity contribution in [3.63, 3.8) is 0 Å².